The number of hydrogen-bond acceptors (Lipinski definition) is 4. The molecule has 0 fully saturated rings. The number of hydrogen-bond donors (Lipinski definition) is 1. The van der Waals surface area contributed by atoms with E-state index in [-0.39, 0.29) is 5.04 Å². The Bertz CT molecular complexity index is 546. The van der Waals surface area contributed by atoms with Gasteiger partial charge in [-0.15, -0.1) is 5.10 Å². The molecule has 0 saturated heterocycles. The summed E-state index contributed by atoms with van der Waals surface area (Å²) >= 11 is 0. The van der Waals surface area contributed by atoms with E-state index in [1.807, 2.05) is 24.3 Å². The number of rotatable bonds is 3. The van der Waals surface area contributed by atoms with Crippen molar-refractivity contribution in [2.45, 2.75) is 38.9 Å². The van der Waals surface area contributed by atoms with Gasteiger partial charge in [-0.3, -0.25) is 0 Å². The van der Waals surface area contributed by atoms with Crippen molar-refractivity contribution >= 4 is 8.32 Å². The van der Waals surface area contributed by atoms with Gasteiger partial charge in [0.2, 0.25) is 8.32 Å². The van der Waals surface area contributed by atoms with E-state index >= 15 is 0 Å². The Morgan fingerprint density at radius 2 is 1.95 bits per heavy atom. The van der Waals surface area contributed by atoms with Crippen molar-refractivity contribution in [2.24, 2.45) is 0 Å². The fraction of sp³-hybridized carbons (Fsp3) is 0.462. The number of aromatic nitrogens is 4. The molecule has 0 aliphatic rings. The molecule has 0 unspecified atom stereocenters. The van der Waals surface area contributed by atoms with Crippen LogP contribution in [0.5, 0.6) is 5.75 Å². The number of benzene rings is 1. The minimum atomic E-state index is -1.82. The first-order valence-electron chi connectivity index (χ1n) is 6.33. The SMILES string of the molecule is CC(C)(C)[Si](C)(C)Oc1cccc(-c2nnn[nH]2)c1. The normalized spacial score (nSPS) is 12.5. The maximum Gasteiger partial charge on any atom is 0.250 e. The van der Waals surface area contributed by atoms with Gasteiger partial charge in [0, 0.05) is 5.56 Å². The average Bonchev–Trinajstić information content (AvgIpc) is 2.80. The van der Waals surface area contributed by atoms with E-state index in [1.165, 1.54) is 0 Å². The van der Waals surface area contributed by atoms with Crippen molar-refractivity contribution < 1.29 is 4.43 Å². The molecule has 0 aliphatic heterocycles. The average molecular weight is 276 g/mol. The molecule has 1 aromatic heterocycles. The maximum atomic E-state index is 6.26. The Kier molecular flexibility index (Phi) is 3.45. The molecule has 1 heterocycles. The number of nitrogens with one attached hydrogen (secondary N) is 1. The highest BCUT2D eigenvalue weighted by Gasteiger charge is 2.38. The maximum absolute atomic E-state index is 6.26. The van der Waals surface area contributed by atoms with Crippen molar-refractivity contribution in [3.8, 4) is 17.1 Å². The lowest BCUT2D eigenvalue weighted by Crippen LogP contribution is -2.43. The molecule has 5 nitrogen and oxygen atoms in total. The molecule has 2 aromatic rings. The molecule has 1 N–H and O–H groups in total. The second-order valence-electron chi connectivity index (χ2n) is 6.14. The van der Waals surface area contributed by atoms with Crippen LogP contribution in [-0.4, -0.2) is 28.9 Å². The molecule has 6 heteroatoms. The van der Waals surface area contributed by atoms with Crippen molar-refractivity contribution in [2.75, 3.05) is 0 Å². The first-order valence-corrected chi connectivity index (χ1v) is 9.24. The third-order valence-corrected chi connectivity index (χ3v) is 7.99. The Hall–Kier alpha value is -1.69. The fourth-order valence-electron chi connectivity index (χ4n) is 1.44. The zero-order chi connectivity index (χ0) is 14.1. The highest BCUT2D eigenvalue weighted by atomic mass is 28.4. The van der Waals surface area contributed by atoms with Crippen LogP contribution in [0.3, 0.4) is 0 Å². The third kappa shape index (κ3) is 3.01. The molecule has 1 aromatic carbocycles. The summed E-state index contributed by atoms with van der Waals surface area (Å²) in [6.45, 7) is 11.1. The Balaban J connectivity index is 2.26. The minimum Gasteiger partial charge on any atom is -0.543 e. The summed E-state index contributed by atoms with van der Waals surface area (Å²) in [6, 6.07) is 7.87. The molecular formula is C13H20N4OSi. The minimum absolute atomic E-state index is 0.177. The van der Waals surface area contributed by atoms with Gasteiger partial charge in [-0.1, -0.05) is 32.9 Å². The fourth-order valence-corrected chi connectivity index (χ4v) is 2.46. The van der Waals surface area contributed by atoms with Crippen molar-refractivity contribution in [3.63, 3.8) is 0 Å². The van der Waals surface area contributed by atoms with E-state index in [1.54, 1.807) is 0 Å². The van der Waals surface area contributed by atoms with Crippen LogP contribution < -0.4 is 4.43 Å². The van der Waals surface area contributed by atoms with Crippen LogP contribution >= 0.6 is 0 Å². The number of nitrogens with zero attached hydrogens (tertiary/aromatic N) is 3. The van der Waals surface area contributed by atoms with Crippen LogP contribution in [0.2, 0.25) is 18.1 Å². The molecule has 0 radical (unpaired) electrons. The van der Waals surface area contributed by atoms with Crippen LogP contribution in [0, 0.1) is 0 Å². The lowest BCUT2D eigenvalue weighted by atomic mass is 10.2. The lowest BCUT2D eigenvalue weighted by Gasteiger charge is -2.36. The predicted molar refractivity (Wildman–Crippen MR) is 77.4 cm³/mol. The standard InChI is InChI=1S/C13H20N4OSi/c1-13(2,3)19(4,5)18-11-8-6-7-10(9-11)12-14-16-17-15-12/h6-9H,1-5H3,(H,14,15,16,17). The molecule has 0 spiro atoms. The van der Waals surface area contributed by atoms with Gasteiger partial charge in [-0.05, 0) is 40.7 Å². The van der Waals surface area contributed by atoms with Gasteiger partial charge in [-0.2, -0.15) is 0 Å². The van der Waals surface area contributed by atoms with Crippen molar-refractivity contribution in [1.82, 2.24) is 20.6 Å². The second kappa shape index (κ2) is 4.77. The zero-order valence-corrected chi connectivity index (χ0v) is 13.1. The molecular weight excluding hydrogens is 256 g/mol. The van der Waals surface area contributed by atoms with E-state index < -0.39 is 8.32 Å². The third-order valence-electron chi connectivity index (χ3n) is 3.63. The summed E-state index contributed by atoms with van der Waals surface area (Å²) in [5, 5.41) is 14.0. The number of tetrazole rings is 1. The van der Waals surface area contributed by atoms with Gasteiger partial charge in [0.05, 0.1) is 0 Å². The van der Waals surface area contributed by atoms with Gasteiger partial charge in [0.25, 0.3) is 0 Å². The highest BCUT2D eigenvalue weighted by molar-refractivity contribution is 6.74. The van der Waals surface area contributed by atoms with Crippen LogP contribution in [0.25, 0.3) is 11.4 Å². The van der Waals surface area contributed by atoms with E-state index in [2.05, 4.69) is 54.5 Å². The number of aromatic amines is 1. The summed E-state index contributed by atoms with van der Waals surface area (Å²) < 4.78 is 6.26. The molecule has 0 bridgehead atoms. The largest absolute Gasteiger partial charge is 0.543 e. The summed E-state index contributed by atoms with van der Waals surface area (Å²) in [5.74, 6) is 1.53. The Morgan fingerprint density at radius 1 is 1.21 bits per heavy atom. The van der Waals surface area contributed by atoms with Gasteiger partial charge >= 0.3 is 0 Å². The van der Waals surface area contributed by atoms with E-state index in [0.29, 0.717) is 5.82 Å². The molecule has 0 atom stereocenters. The summed E-state index contributed by atoms with van der Waals surface area (Å²) in [4.78, 5) is 0. The molecule has 0 aliphatic carbocycles. The molecule has 0 amide bonds. The van der Waals surface area contributed by atoms with Crippen LogP contribution in [0.4, 0.5) is 0 Å². The van der Waals surface area contributed by atoms with E-state index in [0.717, 1.165) is 11.3 Å². The smallest absolute Gasteiger partial charge is 0.250 e. The Morgan fingerprint density at radius 3 is 2.53 bits per heavy atom. The first kappa shape index (κ1) is 13.7. The van der Waals surface area contributed by atoms with Gasteiger partial charge in [0.1, 0.15) is 5.75 Å². The molecule has 0 saturated carbocycles. The van der Waals surface area contributed by atoms with Crippen LogP contribution in [-0.2, 0) is 0 Å². The van der Waals surface area contributed by atoms with Gasteiger partial charge in [-0.25, -0.2) is 5.10 Å². The quantitative estimate of drug-likeness (QED) is 0.874. The topological polar surface area (TPSA) is 63.7 Å². The summed E-state index contributed by atoms with van der Waals surface area (Å²) in [5.41, 5.74) is 0.932. The van der Waals surface area contributed by atoms with Gasteiger partial charge < -0.3 is 4.43 Å². The van der Waals surface area contributed by atoms with Crippen LogP contribution in [0.1, 0.15) is 20.8 Å². The van der Waals surface area contributed by atoms with E-state index in [4.69, 9.17) is 4.43 Å². The monoisotopic (exact) mass is 276 g/mol. The predicted octanol–water partition coefficient (Wildman–Crippen LogP) is 3.25. The van der Waals surface area contributed by atoms with Crippen molar-refractivity contribution in [1.29, 1.82) is 0 Å². The number of H-pyrrole nitrogens is 1. The van der Waals surface area contributed by atoms with Gasteiger partial charge in [0.15, 0.2) is 5.82 Å². The second-order valence-corrected chi connectivity index (χ2v) is 10.9. The lowest BCUT2D eigenvalue weighted by molar-refractivity contribution is 0.492. The molecule has 19 heavy (non-hydrogen) atoms. The summed E-state index contributed by atoms with van der Waals surface area (Å²) in [7, 11) is -1.82. The van der Waals surface area contributed by atoms with Crippen molar-refractivity contribution in [3.05, 3.63) is 24.3 Å². The van der Waals surface area contributed by atoms with E-state index in [9.17, 15) is 0 Å². The Labute approximate surface area is 114 Å². The zero-order valence-electron chi connectivity index (χ0n) is 12.1. The molecule has 2 rings (SSSR count). The first-order chi connectivity index (χ1) is 8.79. The highest BCUT2D eigenvalue weighted by Crippen LogP contribution is 2.37. The summed E-state index contributed by atoms with van der Waals surface area (Å²) in [6.07, 6.45) is 0. The van der Waals surface area contributed by atoms with Crippen LogP contribution in [0.15, 0.2) is 24.3 Å². The molecule has 102 valence electrons.